The molecule has 0 aromatic heterocycles. The van der Waals surface area contributed by atoms with Gasteiger partial charge in [-0.15, -0.1) is 0 Å². The molecule has 0 unspecified atom stereocenters. The summed E-state index contributed by atoms with van der Waals surface area (Å²) in [5, 5.41) is 0. The Labute approximate surface area is 278 Å². The number of nitrogens with zero attached hydrogens (tertiary/aromatic N) is 2. The van der Waals surface area contributed by atoms with Crippen LogP contribution < -0.4 is 11.5 Å². The van der Waals surface area contributed by atoms with Crippen molar-refractivity contribution in [2.45, 2.75) is 38.5 Å². The van der Waals surface area contributed by atoms with E-state index in [0.29, 0.717) is 38.8 Å². The minimum absolute atomic E-state index is 0.0886. The van der Waals surface area contributed by atoms with Crippen LogP contribution in [0.25, 0.3) is 0 Å². The van der Waals surface area contributed by atoms with Crippen LogP contribution in [-0.2, 0) is 22.4 Å². The molecule has 4 N–H and O–H groups in total. The molecule has 7 nitrogen and oxygen atoms in total. The minimum Gasteiger partial charge on any atom is -0.330 e. The van der Waals surface area contributed by atoms with Crippen molar-refractivity contribution < 1.29 is 14.4 Å². The van der Waals surface area contributed by atoms with E-state index in [1.165, 1.54) is 9.80 Å². The normalized spacial score (nSPS) is 15.4. The number of rotatable bonds is 12. The monoisotopic (exact) mass is 918 g/mol. The van der Waals surface area contributed by atoms with Crippen LogP contribution in [0.2, 0.25) is 0 Å². The first kappa shape index (κ1) is 33.4. The highest BCUT2D eigenvalue weighted by Gasteiger charge is 2.57. The van der Waals surface area contributed by atoms with Crippen molar-refractivity contribution in [3.05, 3.63) is 62.2 Å². The van der Waals surface area contributed by atoms with Gasteiger partial charge in [-0.25, -0.2) is 4.79 Å². The number of imide groups is 2. The zero-order valence-corrected chi connectivity index (χ0v) is 30.4. The maximum absolute atomic E-state index is 14.4. The molecule has 0 saturated carbocycles. The van der Waals surface area contributed by atoms with Crippen LogP contribution in [-0.4, -0.2) is 53.8 Å². The van der Waals surface area contributed by atoms with Crippen LogP contribution in [0.5, 0.6) is 0 Å². The van der Waals surface area contributed by atoms with E-state index in [1.54, 1.807) is 0 Å². The van der Waals surface area contributed by atoms with E-state index in [-0.39, 0.29) is 25.9 Å². The zero-order valence-electron chi connectivity index (χ0n) is 20.9. The second-order valence-electron chi connectivity index (χ2n) is 9.34. The van der Waals surface area contributed by atoms with Crippen LogP contribution in [0.15, 0.2) is 51.1 Å². The van der Waals surface area contributed by atoms with Gasteiger partial charge in [0.2, 0.25) is 11.8 Å². The van der Waals surface area contributed by atoms with Crippen LogP contribution in [0.1, 0.15) is 36.8 Å². The SMILES string of the molecule is NCCCCN1C(=O)N(CCCCN)C(=O)C(Cc2cc(Br)c(Br)cc2Br)(Cc2cc(Br)c(Br)cc2Br)C1=O. The number of urea groups is 1. The van der Waals surface area contributed by atoms with Crippen molar-refractivity contribution in [1.82, 2.24) is 9.80 Å². The summed E-state index contributed by atoms with van der Waals surface area (Å²) in [6, 6.07) is 6.94. The van der Waals surface area contributed by atoms with E-state index in [0.717, 1.165) is 38.0 Å². The summed E-state index contributed by atoms with van der Waals surface area (Å²) in [5.74, 6) is -0.997. The Kier molecular flexibility index (Phi) is 12.7. The second kappa shape index (κ2) is 14.8. The fraction of sp³-hybridized carbons (Fsp3) is 0.423. The molecular weight excluding hydrogens is 896 g/mol. The molecule has 1 saturated heterocycles. The van der Waals surface area contributed by atoms with Crippen LogP contribution in [0.3, 0.4) is 0 Å². The summed E-state index contributed by atoms with van der Waals surface area (Å²) in [6.45, 7) is 1.27. The lowest BCUT2D eigenvalue weighted by Gasteiger charge is -2.44. The predicted molar refractivity (Wildman–Crippen MR) is 174 cm³/mol. The number of benzene rings is 2. The third kappa shape index (κ3) is 7.63. The molecule has 1 fully saturated rings. The quantitative estimate of drug-likeness (QED) is 0.132. The number of halogens is 6. The summed E-state index contributed by atoms with van der Waals surface area (Å²) in [4.78, 5) is 44.9. The lowest BCUT2D eigenvalue weighted by atomic mass is 9.72. The molecule has 2 aromatic rings. The fourth-order valence-electron chi connectivity index (χ4n) is 4.56. The van der Waals surface area contributed by atoms with Crippen molar-refractivity contribution in [1.29, 1.82) is 0 Å². The Morgan fingerprint density at radius 1 is 0.564 bits per heavy atom. The smallest absolute Gasteiger partial charge is 0.330 e. The molecule has 0 atom stereocenters. The van der Waals surface area contributed by atoms with Gasteiger partial charge in [0.15, 0.2) is 0 Å². The van der Waals surface area contributed by atoms with Gasteiger partial charge < -0.3 is 11.5 Å². The molecule has 3 rings (SSSR count). The van der Waals surface area contributed by atoms with Gasteiger partial charge in [0, 0.05) is 39.9 Å². The molecular formula is C26H28Br6N4O3. The zero-order chi connectivity index (χ0) is 28.9. The van der Waals surface area contributed by atoms with Gasteiger partial charge >= 0.3 is 6.03 Å². The highest BCUT2D eigenvalue weighted by molar-refractivity contribution is 9.13. The van der Waals surface area contributed by atoms with E-state index < -0.39 is 23.3 Å². The summed E-state index contributed by atoms with van der Waals surface area (Å²) in [5.41, 5.74) is 11.3. The molecule has 39 heavy (non-hydrogen) atoms. The van der Waals surface area contributed by atoms with Crippen molar-refractivity contribution in [3.63, 3.8) is 0 Å². The number of carbonyl (C=O) groups excluding carboxylic acids is 3. The maximum Gasteiger partial charge on any atom is 0.333 e. The molecule has 2 aromatic carbocycles. The van der Waals surface area contributed by atoms with Gasteiger partial charge in [-0.3, -0.25) is 19.4 Å². The second-order valence-corrected chi connectivity index (χ2v) is 14.5. The Bertz CT molecular complexity index is 1170. The molecule has 0 bridgehead atoms. The number of carbonyl (C=O) groups is 3. The summed E-state index contributed by atoms with van der Waals surface area (Å²) in [7, 11) is 0. The summed E-state index contributed by atoms with van der Waals surface area (Å²) in [6.07, 6.45) is 2.59. The van der Waals surface area contributed by atoms with Crippen LogP contribution >= 0.6 is 95.6 Å². The van der Waals surface area contributed by atoms with Gasteiger partial charge in [0.1, 0.15) is 5.41 Å². The minimum atomic E-state index is -1.56. The highest BCUT2D eigenvalue weighted by Crippen LogP contribution is 2.42. The number of hydrogen-bond acceptors (Lipinski definition) is 5. The molecule has 1 aliphatic heterocycles. The topological polar surface area (TPSA) is 110 Å². The molecule has 0 aliphatic carbocycles. The van der Waals surface area contributed by atoms with Crippen molar-refractivity contribution in [2.24, 2.45) is 16.9 Å². The van der Waals surface area contributed by atoms with Crippen molar-refractivity contribution in [2.75, 3.05) is 26.2 Å². The van der Waals surface area contributed by atoms with Gasteiger partial charge in [-0.1, -0.05) is 31.9 Å². The van der Waals surface area contributed by atoms with Gasteiger partial charge in [-0.2, -0.15) is 0 Å². The van der Waals surface area contributed by atoms with Crippen molar-refractivity contribution in [3.8, 4) is 0 Å². The first-order valence-corrected chi connectivity index (χ1v) is 17.1. The Morgan fingerprint density at radius 3 is 1.28 bits per heavy atom. The van der Waals surface area contributed by atoms with Gasteiger partial charge in [0.25, 0.3) is 0 Å². The molecule has 0 radical (unpaired) electrons. The Morgan fingerprint density at radius 2 is 0.923 bits per heavy atom. The van der Waals surface area contributed by atoms with Gasteiger partial charge in [-0.05, 0) is 151 Å². The van der Waals surface area contributed by atoms with Crippen LogP contribution in [0, 0.1) is 5.41 Å². The molecule has 0 spiro atoms. The van der Waals surface area contributed by atoms with E-state index in [1.807, 2.05) is 24.3 Å². The lowest BCUT2D eigenvalue weighted by molar-refractivity contribution is -0.159. The maximum atomic E-state index is 14.4. The van der Waals surface area contributed by atoms with Crippen LogP contribution in [0.4, 0.5) is 4.79 Å². The standard InChI is InChI=1S/C26H28Br6N4O3/c27-17-11-21(31)19(29)9-15(17)13-26(14-16-10-20(30)22(32)12-18(16)28)23(37)35(7-3-1-5-33)25(39)36(24(26)38)8-4-2-6-34/h9-12H,1-8,13-14,33-34H2. The fourth-order valence-corrected chi connectivity index (χ4v) is 7.61. The number of unbranched alkanes of at least 4 members (excludes halogenated alkanes) is 2. The van der Waals surface area contributed by atoms with E-state index >= 15 is 0 Å². The third-order valence-corrected chi connectivity index (χ3v) is 11.8. The molecule has 13 heteroatoms. The number of amides is 4. The summed E-state index contributed by atoms with van der Waals surface area (Å²) >= 11 is 21.4. The first-order chi connectivity index (χ1) is 18.5. The first-order valence-electron chi connectivity index (χ1n) is 12.3. The van der Waals surface area contributed by atoms with E-state index in [2.05, 4.69) is 95.6 Å². The molecule has 4 amide bonds. The average molecular weight is 924 g/mol. The van der Waals surface area contributed by atoms with E-state index in [9.17, 15) is 14.4 Å². The van der Waals surface area contributed by atoms with Crippen molar-refractivity contribution >= 4 is 113 Å². The molecule has 1 heterocycles. The van der Waals surface area contributed by atoms with Gasteiger partial charge in [0.05, 0.1) is 0 Å². The molecule has 1 aliphatic rings. The van der Waals surface area contributed by atoms with E-state index in [4.69, 9.17) is 11.5 Å². The largest absolute Gasteiger partial charge is 0.333 e. The number of barbiturate groups is 1. The number of hydrogen-bond donors (Lipinski definition) is 2. The summed E-state index contributed by atoms with van der Waals surface area (Å²) < 4.78 is 4.72. The Hall–Kier alpha value is -0.150. The Balaban J connectivity index is 2.21. The molecule has 212 valence electrons. The lowest BCUT2D eigenvalue weighted by Crippen LogP contribution is -2.66. The number of nitrogens with two attached hydrogens (primary N) is 2. The highest BCUT2D eigenvalue weighted by atomic mass is 79.9. The average Bonchev–Trinajstić information content (AvgIpc) is 2.88. The predicted octanol–water partition coefficient (Wildman–Crippen LogP) is 7.30. The third-order valence-electron chi connectivity index (χ3n) is 6.61.